The number of para-hydroxylation sites is 1. The lowest BCUT2D eigenvalue weighted by molar-refractivity contribution is 0.319. The highest BCUT2D eigenvalue weighted by Crippen LogP contribution is 2.30. The van der Waals surface area contributed by atoms with Gasteiger partial charge in [-0.1, -0.05) is 71.9 Å². The Balaban J connectivity index is 1.89. The van der Waals surface area contributed by atoms with Gasteiger partial charge in [0.25, 0.3) is 5.56 Å². The van der Waals surface area contributed by atoms with Crippen molar-refractivity contribution in [2.24, 2.45) is 0 Å². The normalized spacial score (nSPS) is 12.8. The molecular weight excluding hydrogens is 550 g/mol. The molecule has 0 aliphatic carbocycles. The Morgan fingerprint density at radius 1 is 0.946 bits per heavy atom. The third kappa shape index (κ3) is 5.87. The second-order valence-corrected chi connectivity index (χ2v) is 12.1. The third-order valence-corrected chi connectivity index (χ3v) is 9.06. The maximum Gasteiger partial charge on any atom is 0.266 e. The van der Waals surface area contributed by atoms with Gasteiger partial charge < -0.3 is 0 Å². The average molecular weight is 583 g/mol. The van der Waals surface area contributed by atoms with Gasteiger partial charge in [-0.25, -0.2) is 13.4 Å². The van der Waals surface area contributed by atoms with E-state index in [0.29, 0.717) is 29.0 Å². The molecule has 37 heavy (non-hydrogen) atoms. The van der Waals surface area contributed by atoms with Crippen LogP contribution in [0.2, 0.25) is 0 Å². The van der Waals surface area contributed by atoms with Gasteiger partial charge in [0.05, 0.1) is 27.5 Å². The van der Waals surface area contributed by atoms with E-state index in [9.17, 15) is 13.2 Å². The van der Waals surface area contributed by atoms with E-state index in [0.717, 1.165) is 35.7 Å². The van der Waals surface area contributed by atoms with E-state index >= 15 is 0 Å². The molecule has 4 rings (SSSR count). The van der Waals surface area contributed by atoms with Gasteiger partial charge in [-0.2, -0.15) is 4.31 Å². The van der Waals surface area contributed by atoms with Gasteiger partial charge in [-0.15, -0.1) is 0 Å². The van der Waals surface area contributed by atoms with Crippen LogP contribution in [0.1, 0.15) is 57.0 Å². The van der Waals surface area contributed by atoms with Gasteiger partial charge in [0.2, 0.25) is 10.0 Å². The Hall–Kier alpha value is -2.81. The smallest absolute Gasteiger partial charge is 0.266 e. The number of fused-ring (bicyclic) bond motifs is 1. The maximum absolute atomic E-state index is 14.0. The largest absolute Gasteiger partial charge is 0.268 e. The minimum Gasteiger partial charge on any atom is -0.268 e. The number of hydrogen-bond donors (Lipinski definition) is 0. The van der Waals surface area contributed by atoms with E-state index in [1.807, 2.05) is 50.2 Å². The van der Waals surface area contributed by atoms with Crippen molar-refractivity contribution in [1.29, 1.82) is 0 Å². The third-order valence-electron chi connectivity index (χ3n) is 6.55. The molecule has 0 saturated heterocycles. The van der Waals surface area contributed by atoms with Gasteiger partial charge in [0.15, 0.2) is 0 Å². The van der Waals surface area contributed by atoms with Crippen molar-refractivity contribution in [3.8, 4) is 5.69 Å². The van der Waals surface area contributed by atoms with Crippen LogP contribution in [0.25, 0.3) is 16.6 Å². The first-order valence-electron chi connectivity index (χ1n) is 12.6. The van der Waals surface area contributed by atoms with Crippen molar-refractivity contribution in [2.75, 3.05) is 6.54 Å². The summed E-state index contributed by atoms with van der Waals surface area (Å²) in [6.07, 6.45) is 3.72. The highest BCUT2D eigenvalue weighted by atomic mass is 79.9. The summed E-state index contributed by atoms with van der Waals surface area (Å²) in [5.74, 6) is 0.392. The number of aromatic nitrogens is 2. The molecule has 0 fully saturated rings. The number of sulfonamides is 1. The first kappa shape index (κ1) is 27.2. The molecule has 1 atom stereocenters. The molecule has 8 heteroatoms. The zero-order valence-electron chi connectivity index (χ0n) is 21.4. The number of halogens is 1. The summed E-state index contributed by atoms with van der Waals surface area (Å²) in [6.45, 7) is 6.25. The molecule has 194 valence electrons. The highest BCUT2D eigenvalue weighted by molar-refractivity contribution is 9.10. The Morgan fingerprint density at radius 3 is 2.30 bits per heavy atom. The van der Waals surface area contributed by atoms with Crippen LogP contribution in [0.15, 0.2) is 87.0 Å². The SMILES string of the molecule is CCCCCCN(C(C)c1nc2ccccc2c(=O)n1-c1ccc(C)cc1)S(=O)(=O)c1ccc(Br)cc1. The molecule has 4 aromatic rings. The van der Waals surface area contributed by atoms with Crippen molar-refractivity contribution in [3.05, 3.63) is 99.0 Å². The summed E-state index contributed by atoms with van der Waals surface area (Å²) in [7, 11) is -3.87. The lowest BCUT2D eigenvalue weighted by Crippen LogP contribution is -2.38. The van der Waals surface area contributed by atoms with Gasteiger partial charge in [0.1, 0.15) is 5.82 Å². The quantitative estimate of drug-likeness (QED) is 0.193. The van der Waals surface area contributed by atoms with Crippen LogP contribution >= 0.6 is 15.9 Å². The van der Waals surface area contributed by atoms with Crippen molar-refractivity contribution in [2.45, 2.75) is 57.4 Å². The number of rotatable bonds is 10. The van der Waals surface area contributed by atoms with E-state index < -0.39 is 16.1 Å². The van der Waals surface area contributed by atoms with Crippen LogP contribution in [-0.4, -0.2) is 28.8 Å². The maximum atomic E-state index is 14.0. The fourth-order valence-corrected chi connectivity index (χ4v) is 6.36. The summed E-state index contributed by atoms with van der Waals surface area (Å²) in [5, 5.41) is 0.490. The summed E-state index contributed by atoms with van der Waals surface area (Å²) in [5.41, 5.74) is 2.05. The van der Waals surface area contributed by atoms with Crippen molar-refractivity contribution in [1.82, 2.24) is 13.9 Å². The van der Waals surface area contributed by atoms with E-state index in [4.69, 9.17) is 4.98 Å². The number of benzene rings is 3. The van der Waals surface area contributed by atoms with Crippen LogP contribution in [0.4, 0.5) is 0 Å². The lowest BCUT2D eigenvalue weighted by atomic mass is 10.1. The Bertz CT molecular complexity index is 1530. The molecule has 0 amide bonds. The number of unbranched alkanes of at least 4 members (excludes halogenated alkanes) is 3. The number of nitrogens with zero attached hydrogens (tertiary/aromatic N) is 3. The molecule has 1 aromatic heterocycles. The molecule has 0 radical (unpaired) electrons. The van der Waals surface area contributed by atoms with Crippen molar-refractivity contribution >= 4 is 36.9 Å². The van der Waals surface area contributed by atoms with E-state index in [1.165, 1.54) is 4.31 Å². The number of hydrogen-bond acceptors (Lipinski definition) is 4. The summed E-state index contributed by atoms with van der Waals surface area (Å²) >= 11 is 3.39. The summed E-state index contributed by atoms with van der Waals surface area (Å²) < 4.78 is 31.8. The van der Waals surface area contributed by atoms with Gasteiger partial charge in [-0.05, 0) is 68.8 Å². The second-order valence-electron chi connectivity index (χ2n) is 9.27. The molecule has 0 spiro atoms. The molecule has 0 saturated carbocycles. The molecule has 3 aromatic carbocycles. The standard InChI is InChI=1S/C29H32BrN3O3S/c1-4-5-6-9-20-32(37(35,36)25-18-14-23(30)15-19-25)22(3)28-31-27-11-8-7-10-26(27)29(34)33(28)24-16-12-21(2)13-17-24/h7-8,10-19,22H,4-6,9,20H2,1-3H3. The molecule has 6 nitrogen and oxygen atoms in total. The van der Waals surface area contributed by atoms with Crippen LogP contribution in [0, 0.1) is 6.92 Å². The molecular formula is C29H32BrN3O3S. The minimum atomic E-state index is -3.87. The van der Waals surface area contributed by atoms with Crippen molar-refractivity contribution < 1.29 is 8.42 Å². The van der Waals surface area contributed by atoms with Crippen molar-refractivity contribution in [3.63, 3.8) is 0 Å². The van der Waals surface area contributed by atoms with Crippen LogP contribution in [0.3, 0.4) is 0 Å². The Labute approximate surface area is 227 Å². The van der Waals surface area contributed by atoms with E-state index in [2.05, 4.69) is 22.9 Å². The topological polar surface area (TPSA) is 72.3 Å². The van der Waals surface area contributed by atoms with Crippen LogP contribution in [-0.2, 0) is 10.0 Å². The Morgan fingerprint density at radius 2 is 1.62 bits per heavy atom. The monoisotopic (exact) mass is 581 g/mol. The molecule has 0 aliphatic rings. The zero-order valence-corrected chi connectivity index (χ0v) is 23.8. The molecule has 0 aliphatic heterocycles. The van der Waals surface area contributed by atoms with Gasteiger partial charge >= 0.3 is 0 Å². The Kier molecular flexibility index (Phi) is 8.62. The van der Waals surface area contributed by atoms with E-state index in [-0.39, 0.29) is 10.5 Å². The van der Waals surface area contributed by atoms with Gasteiger partial charge in [0, 0.05) is 11.0 Å². The first-order valence-corrected chi connectivity index (χ1v) is 14.8. The molecule has 0 bridgehead atoms. The minimum absolute atomic E-state index is 0.211. The van der Waals surface area contributed by atoms with Crippen LogP contribution < -0.4 is 5.56 Å². The fraction of sp³-hybridized carbons (Fsp3) is 0.310. The van der Waals surface area contributed by atoms with Gasteiger partial charge in [-0.3, -0.25) is 9.36 Å². The number of aryl methyl sites for hydroxylation is 1. The van der Waals surface area contributed by atoms with Crippen LogP contribution in [0.5, 0.6) is 0 Å². The lowest BCUT2D eigenvalue weighted by Gasteiger charge is -2.30. The molecule has 1 heterocycles. The van der Waals surface area contributed by atoms with E-state index in [1.54, 1.807) is 41.0 Å². The average Bonchev–Trinajstić information content (AvgIpc) is 2.89. The summed E-state index contributed by atoms with van der Waals surface area (Å²) in [6, 6.07) is 20.8. The first-order chi connectivity index (χ1) is 17.7. The highest BCUT2D eigenvalue weighted by Gasteiger charge is 2.32. The summed E-state index contributed by atoms with van der Waals surface area (Å²) in [4.78, 5) is 18.8. The zero-order chi connectivity index (χ0) is 26.6. The second kappa shape index (κ2) is 11.7. The molecule has 1 unspecified atom stereocenters. The fourth-order valence-electron chi connectivity index (χ4n) is 4.46. The predicted molar refractivity (Wildman–Crippen MR) is 153 cm³/mol. The predicted octanol–water partition coefficient (Wildman–Crippen LogP) is 6.79. The molecule has 0 N–H and O–H groups in total.